The van der Waals surface area contributed by atoms with Crippen LogP contribution in [0.15, 0.2) is 59.6 Å². The fourth-order valence-corrected chi connectivity index (χ4v) is 2.25. The highest BCUT2D eigenvalue weighted by molar-refractivity contribution is 6.33. The van der Waals surface area contributed by atoms with Gasteiger partial charge in [0.15, 0.2) is 0 Å². The van der Waals surface area contributed by atoms with Gasteiger partial charge in [0.1, 0.15) is 6.61 Å². The monoisotopic (exact) mass is 337 g/mol. The van der Waals surface area contributed by atoms with Crippen LogP contribution in [0, 0.1) is 0 Å². The lowest BCUT2D eigenvalue weighted by Gasteiger charge is -2.17. The predicted octanol–water partition coefficient (Wildman–Crippen LogP) is 3.79. The summed E-state index contributed by atoms with van der Waals surface area (Å²) >= 11 is 6.13. The SMILES string of the molecule is Cl.Clc1ccccc1/N=C1\NCCN1OCc1ccccc1. The van der Waals surface area contributed by atoms with Crippen molar-refractivity contribution < 1.29 is 4.84 Å². The molecule has 1 N–H and O–H groups in total. The van der Waals surface area contributed by atoms with Crippen molar-refractivity contribution in [1.82, 2.24) is 10.4 Å². The normalized spacial score (nSPS) is 15.5. The number of hydrogen-bond acceptors (Lipinski definition) is 2. The third-order valence-electron chi connectivity index (χ3n) is 3.14. The summed E-state index contributed by atoms with van der Waals surface area (Å²) in [4.78, 5) is 10.3. The van der Waals surface area contributed by atoms with Crippen molar-refractivity contribution in [3.63, 3.8) is 0 Å². The van der Waals surface area contributed by atoms with Gasteiger partial charge in [-0.1, -0.05) is 54.1 Å². The van der Waals surface area contributed by atoms with Gasteiger partial charge in [0.05, 0.1) is 17.3 Å². The van der Waals surface area contributed by atoms with Gasteiger partial charge in [-0.15, -0.1) is 12.4 Å². The Balaban J connectivity index is 0.00000176. The van der Waals surface area contributed by atoms with E-state index in [1.54, 1.807) is 5.06 Å². The van der Waals surface area contributed by atoms with E-state index in [1.165, 1.54) is 0 Å². The minimum Gasteiger partial charge on any atom is -0.352 e. The van der Waals surface area contributed by atoms with E-state index in [1.807, 2.05) is 54.6 Å². The lowest BCUT2D eigenvalue weighted by Crippen LogP contribution is -2.30. The molecule has 22 heavy (non-hydrogen) atoms. The largest absolute Gasteiger partial charge is 0.352 e. The minimum atomic E-state index is 0. The molecule has 116 valence electrons. The number of halogens is 2. The Kier molecular flexibility index (Phi) is 6.07. The van der Waals surface area contributed by atoms with E-state index >= 15 is 0 Å². The molecule has 0 spiro atoms. The average molecular weight is 338 g/mol. The van der Waals surface area contributed by atoms with Gasteiger partial charge in [-0.25, -0.2) is 10.1 Å². The van der Waals surface area contributed by atoms with Crippen LogP contribution in [0.1, 0.15) is 5.56 Å². The van der Waals surface area contributed by atoms with Gasteiger partial charge in [-0.2, -0.15) is 0 Å². The first-order valence-electron chi connectivity index (χ1n) is 6.84. The molecule has 0 radical (unpaired) electrons. The Labute approximate surface area is 141 Å². The smallest absolute Gasteiger partial charge is 0.223 e. The highest BCUT2D eigenvalue weighted by Crippen LogP contribution is 2.24. The molecule has 1 aliphatic rings. The first kappa shape index (κ1) is 16.6. The maximum Gasteiger partial charge on any atom is 0.223 e. The summed E-state index contributed by atoms with van der Waals surface area (Å²) in [5.74, 6) is 0.694. The number of hydrogen-bond donors (Lipinski definition) is 1. The molecular formula is C16H17Cl2N3O. The molecule has 0 unspecified atom stereocenters. The highest BCUT2D eigenvalue weighted by Gasteiger charge is 2.19. The first-order chi connectivity index (χ1) is 10.3. The van der Waals surface area contributed by atoms with Gasteiger partial charge in [-0.05, 0) is 17.7 Å². The molecule has 1 fully saturated rings. The highest BCUT2D eigenvalue weighted by atomic mass is 35.5. The lowest BCUT2D eigenvalue weighted by atomic mass is 10.2. The van der Waals surface area contributed by atoms with E-state index in [9.17, 15) is 0 Å². The van der Waals surface area contributed by atoms with Crippen LogP contribution in [-0.4, -0.2) is 24.1 Å². The van der Waals surface area contributed by atoms with Crippen molar-refractivity contribution in [2.24, 2.45) is 4.99 Å². The summed E-state index contributed by atoms with van der Waals surface area (Å²) in [6.45, 7) is 2.08. The zero-order valence-corrected chi connectivity index (χ0v) is 13.5. The van der Waals surface area contributed by atoms with Crippen LogP contribution in [0.2, 0.25) is 5.02 Å². The zero-order chi connectivity index (χ0) is 14.5. The Hall–Kier alpha value is -1.75. The van der Waals surface area contributed by atoms with Gasteiger partial charge in [-0.3, -0.25) is 4.84 Å². The molecule has 0 atom stereocenters. The van der Waals surface area contributed by atoms with Gasteiger partial charge >= 0.3 is 0 Å². The molecule has 6 heteroatoms. The van der Waals surface area contributed by atoms with E-state index in [0.29, 0.717) is 17.6 Å². The van der Waals surface area contributed by atoms with Crippen LogP contribution in [0.5, 0.6) is 0 Å². The lowest BCUT2D eigenvalue weighted by molar-refractivity contribution is -0.102. The van der Waals surface area contributed by atoms with E-state index in [2.05, 4.69) is 10.3 Å². The number of nitrogens with zero attached hydrogens (tertiary/aromatic N) is 2. The van der Waals surface area contributed by atoms with E-state index < -0.39 is 0 Å². The van der Waals surface area contributed by atoms with Crippen molar-refractivity contribution >= 4 is 35.7 Å². The van der Waals surface area contributed by atoms with Gasteiger partial charge < -0.3 is 5.32 Å². The zero-order valence-electron chi connectivity index (χ0n) is 11.9. The third-order valence-corrected chi connectivity index (χ3v) is 3.46. The molecule has 1 aliphatic heterocycles. The molecular weight excluding hydrogens is 321 g/mol. The molecule has 0 aromatic heterocycles. The second kappa shape index (κ2) is 8.03. The molecule has 1 saturated heterocycles. The molecule has 1 heterocycles. The topological polar surface area (TPSA) is 36.9 Å². The number of aliphatic imine (C=N–C) groups is 1. The second-order valence-electron chi connectivity index (χ2n) is 4.67. The van der Waals surface area contributed by atoms with Crippen LogP contribution in [0.4, 0.5) is 5.69 Å². The summed E-state index contributed by atoms with van der Waals surface area (Å²) in [7, 11) is 0. The molecule has 0 bridgehead atoms. The van der Waals surface area contributed by atoms with E-state index in [0.717, 1.165) is 24.3 Å². The predicted molar refractivity (Wildman–Crippen MR) is 91.7 cm³/mol. The molecule has 4 nitrogen and oxygen atoms in total. The molecule has 2 aromatic carbocycles. The minimum absolute atomic E-state index is 0. The Morgan fingerprint density at radius 2 is 1.82 bits per heavy atom. The third kappa shape index (κ3) is 4.13. The first-order valence-corrected chi connectivity index (χ1v) is 7.22. The van der Waals surface area contributed by atoms with Crippen molar-refractivity contribution in [2.75, 3.05) is 13.1 Å². The summed E-state index contributed by atoms with van der Waals surface area (Å²) in [5.41, 5.74) is 1.86. The Morgan fingerprint density at radius 1 is 1.09 bits per heavy atom. The van der Waals surface area contributed by atoms with Crippen molar-refractivity contribution in [2.45, 2.75) is 6.61 Å². The molecule has 0 aliphatic carbocycles. The summed E-state index contributed by atoms with van der Waals surface area (Å²) in [6, 6.07) is 17.6. The molecule has 0 amide bonds. The van der Waals surface area contributed by atoms with Gasteiger partial charge in [0.25, 0.3) is 0 Å². The van der Waals surface area contributed by atoms with E-state index in [4.69, 9.17) is 16.4 Å². The number of guanidine groups is 1. The average Bonchev–Trinajstić information content (AvgIpc) is 2.96. The van der Waals surface area contributed by atoms with Crippen LogP contribution >= 0.6 is 24.0 Å². The fourth-order valence-electron chi connectivity index (χ4n) is 2.07. The number of hydroxylamine groups is 2. The molecule has 0 saturated carbocycles. The number of benzene rings is 2. The van der Waals surface area contributed by atoms with Crippen molar-refractivity contribution in [3.05, 3.63) is 65.2 Å². The fraction of sp³-hybridized carbons (Fsp3) is 0.188. The van der Waals surface area contributed by atoms with Crippen molar-refractivity contribution in [3.8, 4) is 0 Å². The maximum absolute atomic E-state index is 6.13. The Morgan fingerprint density at radius 3 is 2.59 bits per heavy atom. The van der Waals surface area contributed by atoms with Gasteiger partial charge in [0, 0.05) is 6.54 Å². The standard InChI is InChI=1S/C16H16ClN3O.ClH/c17-14-8-4-5-9-15(14)19-16-18-10-11-20(16)21-12-13-6-2-1-3-7-13;/h1-9H,10-12H2,(H,18,19);1H. The van der Waals surface area contributed by atoms with E-state index in [-0.39, 0.29) is 12.4 Å². The maximum atomic E-state index is 6.13. The quantitative estimate of drug-likeness (QED) is 0.922. The second-order valence-corrected chi connectivity index (χ2v) is 5.08. The number of rotatable bonds is 4. The van der Waals surface area contributed by atoms with Crippen LogP contribution in [0.3, 0.4) is 0 Å². The van der Waals surface area contributed by atoms with Gasteiger partial charge in [0.2, 0.25) is 5.96 Å². The van der Waals surface area contributed by atoms with Crippen LogP contribution < -0.4 is 5.32 Å². The van der Waals surface area contributed by atoms with Crippen molar-refractivity contribution in [1.29, 1.82) is 0 Å². The Bertz CT molecular complexity index is 634. The van der Waals surface area contributed by atoms with Crippen LogP contribution in [0.25, 0.3) is 0 Å². The molecule has 3 rings (SSSR count). The number of nitrogens with one attached hydrogen (secondary N) is 1. The summed E-state index contributed by atoms with van der Waals surface area (Å²) in [6.07, 6.45) is 0. The summed E-state index contributed by atoms with van der Waals surface area (Å²) in [5, 5.41) is 5.61. The summed E-state index contributed by atoms with van der Waals surface area (Å²) < 4.78 is 0. The van der Waals surface area contributed by atoms with Crippen LogP contribution in [-0.2, 0) is 11.4 Å². The molecule has 2 aromatic rings. The number of para-hydroxylation sites is 1.